The van der Waals surface area contributed by atoms with Crippen molar-refractivity contribution in [3.63, 3.8) is 0 Å². The van der Waals surface area contributed by atoms with Crippen LogP contribution in [0.1, 0.15) is 30.9 Å². The molecule has 2 aliphatic heterocycles. The maximum Gasteiger partial charge on any atom is 0.416 e. The second-order valence-corrected chi connectivity index (χ2v) is 5.99. The van der Waals surface area contributed by atoms with Crippen molar-refractivity contribution in [2.75, 3.05) is 6.54 Å². The summed E-state index contributed by atoms with van der Waals surface area (Å²) in [5.41, 5.74) is -0.749. The van der Waals surface area contributed by atoms with Gasteiger partial charge in [0.15, 0.2) is 0 Å². The van der Waals surface area contributed by atoms with Crippen LogP contribution >= 0.6 is 0 Å². The minimum Gasteiger partial charge on any atom is -0.329 e. The molecule has 2 atom stereocenters. The SMILES string of the molecule is C[C@H]1C(=O)N2CCC[C@H]2C(=O)N1Cc1ccccc1C(F)(F)F. The first-order valence-electron chi connectivity index (χ1n) is 7.57. The van der Waals surface area contributed by atoms with Crippen molar-refractivity contribution in [2.24, 2.45) is 0 Å². The maximum absolute atomic E-state index is 13.1. The predicted molar refractivity (Wildman–Crippen MR) is 76.2 cm³/mol. The van der Waals surface area contributed by atoms with Gasteiger partial charge in [0.1, 0.15) is 12.1 Å². The number of benzene rings is 1. The van der Waals surface area contributed by atoms with Gasteiger partial charge >= 0.3 is 6.18 Å². The second kappa shape index (κ2) is 5.54. The molecule has 0 N–H and O–H groups in total. The Balaban J connectivity index is 1.91. The van der Waals surface area contributed by atoms with Gasteiger partial charge in [-0.2, -0.15) is 13.2 Å². The highest BCUT2D eigenvalue weighted by atomic mass is 19.4. The molecule has 7 heteroatoms. The van der Waals surface area contributed by atoms with Crippen molar-refractivity contribution < 1.29 is 22.8 Å². The van der Waals surface area contributed by atoms with Crippen LogP contribution in [0.3, 0.4) is 0 Å². The number of carbonyl (C=O) groups is 2. The first-order valence-corrected chi connectivity index (χ1v) is 7.57. The Kier molecular flexibility index (Phi) is 3.82. The van der Waals surface area contributed by atoms with Crippen molar-refractivity contribution in [1.29, 1.82) is 0 Å². The highest BCUT2D eigenvalue weighted by Crippen LogP contribution is 2.34. The number of piperazine rings is 1. The number of hydrogen-bond donors (Lipinski definition) is 0. The highest BCUT2D eigenvalue weighted by Gasteiger charge is 2.46. The zero-order valence-corrected chi connectivity index (χ0v) is 12.6. The van der Waals surface area contributed by atoms with E-state index in [1.807, 2.05) is 0 Å². The molecule has 0 radical (unpaired) electrons. The molecule has 0 spiro atoms. The third-order valence-electron chi connectivity index (χ3n) is 4.59. The van der Waals surface area contributed by atoms with Gasteiger partial charge in [0.2, 0.25) is 11.8 Å². The van der Waals surface area contributed by atoms with Gasteiger partial charge in [-0.15, -0.1) is 0 Å². The monoisotopic (exact) mass is 326 g/mol. The van der Waals surface area contributed by atoms with E-state index in [1.54, 1.807) is 11.8 Å². The van der Waals surface area contributed by atoms with Crippen LogP contribution in [0.5, 0.6) is 0 Å². The Morgan fingerprint density at radius 1 is 1.17 bits per heavy atom. The standard InChI is InChI=1S/C16H17F3N2O2/c1-10-14(22)20-8-4-7-13(20)15(23)21(10)9-11-5-2-3-6-12(11)16(17,18)19/h2-3,5-6,10,13H,4,7-9H2,1H3/t10-,13-/m0/s1. The molecule has 0 unspecified atom stereocenters. The smallest absolute Gasteiger partial charge is 0.329 e. The van der Waals surface area contributed by atoms with Gasteiger partial charge in [-0.3, -0.25) is 9.59 Å². The quantitative estimate of drug-likeness (QED) is 0.837. The fourth-order valence-corrected chi connectivity index (χ4v) is 3.38. The number of fused-ring (bicyclic) bond motifs is 1. The van der Waals surface area contributed by atoms with Crippen molar-refractivity contribution in [3.8, 4) is 0 Å². The van der Waals surface area contributed by atoms with E-state index in [0.717, 1.165) is 12.5 Å². The minimum absolute atomic E-state index is 0.0134. The predicted octanol–water partition coefficient (Wildman–Crippen LogP) is 2.43. The molecule has 4 nitrogen and oxygen atoms in total. The summed E-state index contributed by atoms with van der Waals surface area (Å²) in [6, 6.07) is 3.92. The number of rotatable bonds is 2. The molecule has 124 valence electrons. The average Bonchev–Trinajstić information content (AvgIpc) is 2.98. The Morgan fingerprint density at radius 3 is 2.57 bits per heavy atom. The summed E-state index contributed by atoms with van der Waals surface area (Å²) in [4.78, 5) is 27.8. The van der Waals surface area contributed by atoms with Gasteiger partial charge in [0, 0.05) is 13.1 Å². The number of nitrogens with zero attached hydrogens (tertiary/aromatic N) is 2. The summed E-state index contributed by atoms with van der Waals surface area (Å²) >= 11 is 0. The van der Waals surface area contributed by atoms with Crippen molar-refractivity contribution in [2.45, 2.75) is 44.6 Å². The van der Waals surface area contributed by atoms with Gasteiger partial charge in [0.25, 0.3) is 0 Å². The number of hydrogen-bond acceptors (Lipinski definition) is 2. The van der Waals surface area contributed by atoms with Crippen LogP contribution in [0, 0.1) is 0 Å². The summed E-state index contributed by atoms with van der Waals surface area (Å²) < 4.78 is 39.3. The molecule has 1 aromatic carbocycles. The molecule has 2 heterocycles. The van der Waals surface area contributed by atoms with Crippen molar-refractivity contribution in [3.05, 3.63) is 35.4 Å². The number of alkyl halides is 3. The fourth-order valence-electron chi connectivity index (χ4n) is 3.38. The first kappa shape index (κ1) is 15.8. The van der Waals surface area contributed by atoms with Crippen LogP contribution < -0.4 is 0 Å². The molecule has 3 rings (SSSR count). The van der Waals surface area contributed by atoms with Gasteiger partial charge in [-0.1, -0.05) is 18.2 Å². The van der Waals surface area contributed by atoms with Crippen LogP contribution in [-0.2, 0) is 22.3 Å². The van der Waals surface area contributed by atoms with E-state index in [0.29, 0.717) is 13.0 Å². The largest absolute Gasteiger partial charge is 0.416 e. The zero-order valence-electron chi connectivity index (χ0n) is 12.6. The summed E-state index contributed by atoms with van der Waals surface area (Å²) in [7, 11) is 0. The lowest BCUT2D eigenvalue weighted by Gasteiger charge is -2.41. The highest BCUT2D eigenvalue weighted by molar-refractivity contribution is 5.97. The lowest BCUT2D eigenvalue weighted by atomic mass is 10.0. The van der Waals surface area contributed by atoms with Gasteiger partial charge in [-0.25, -0.2) is 0 Å². The summed E-state index contributed by atoms with van der Waals surface area (Å²) in [6.07, 6.45) is -3.15. The van der Waals surface area contributed by atoms with Crippen molar-refractivity contribution in [1.82, 2.24) is 9.80 Å². The summed E-state index contributed by atoms with van der Waals surface area (Å²) in [6.45, 7) is 1.92. The fraction of sp³-hybridized carbons (Fsp3) is 0.500. The van der Waals surface area contributed by atoms with E-state index in [1.165, 1.54) is 23.1 Å². The third-order valence-corrected chi connectivity index (χ3v) is 4.59. The van der Waals surface area contributed by atoms with E-state index in [9.17, 15) is 22.8 Å². The van der Waals surface area contributed by atoms with Crippen LogP contribution in [0.15, 0.2) is 24.3 Å². The Hall–Kier alpha value is -2.05. The number of halogens is 3. The second-order valence-electron chi connectivity index (χ2n) is 5.99. The summed E-state index contributed by atoms with van der Waals surface area (Å²) in [5, 5.41) is 0. The summed E-state index contributed by atoms with van der Waals surface area (Å²) in [5.74, 6) is -0.442. The Labute approximate surface area is 131 Å². The van der Waals surface area contributed by atoms with Crippen LogP contribution in [0.2, 0.25) is 0 Å². The van der Waals surface area contributed by atoms with Crippen molar-refractivity contribution >= 4 is 11.8 Å². The number of carbonyl (C=O) groups excluding carboxylic acids is 2. The maximum atomic E-state index is 13.1. The first-order chi connectivity index (χ1) is 10.8. The Bertz CT molecular complexity index is 644. The molecule has 2 amide bonds. The molecule has 23 heavy (non-hydrogen) atoms. The number of amides is 2. The zero-order chi connectivity index (χ0) is 16.8. The van der Waals surface area contributed by atoms with Gasteiger partial charge in [-0.05, 0) is 31.4 Å². The molecule has 2 fully saturated rings. The van der Waals surface area contributed by atoms with E-state index in [-0.39, 0.29) is 23.9 Å². The van der Waals surface area contributed by atoms with E-state index in [2.05, 4.69) is 0 Å². The lowest BCUT2D eigenvalue weighted by molar-refractivity contribution is -0.159. The van der Waals surface area contributed by atoms with Gasteiger partial charge < -0.3 is 9.80 Å². The molecule has 2 saturated heterocycles. The van der Waals surface area contributed by atoms with Crippen LogP contribution in [0.25, 0.3) is 0 Å². The topological polar surface area (TPSA) is 40.6 Å². The molecular formula is C16H17F3N2O2. The van der Waals surface area contributed by atoms with E-state index in [4.69, 9.17) is 0 Å². The molecule has 0 aliphatic carbocycles. The normalized spacial score (nSPS) is 25.0. The molecule has 2 aliphatic rings. The molecular weight excluding hydrogens is 309 g/mol. The molecule has 0 aromatic heterocycles. The van der Waals surface area contributed by atoms with Gasteiger partial charge in [0.05, 0.1) is 5.56 Å². The molecule has 0 bridgehead atoms. The Morgan fingerprint density at radius 2 is 1.87 bits per heavy atom. The van der Waals surface area contributed by atoms with Crippen LogP contribution in [0.4, 0.5) is 13.2 Å². The third kappa shape index (κ3) is 2.68. The molecule has 0 saturated carbocycles. The van der Waals surface area contributed by atoms with E-state index < -0.39 is 23.8 Å². The molecule has 1 aromatic rings. The lowest BCUT2D eigenvalue weighted by Crippen LogP contribution is -2.61. The minimum atomic E-state index is -4.48. The average molecular weight is 326 g/mol. The van der Waals surface area contributed by atoms with Crippen LogP contribution in [-0.4, -0.2) is 40.2 Å². The van der Waals surface area contributed by atoms with E-state index >= 15 is 0 Å².